The number of rotatable bonds is 27. The maximum Gasteiger partial charge on any atom is 0.647 e. The Hall–Kier alpha value is -8.26. The lowest BCUT2D eigenvalue weighted by molar-refractivity contribution is 0.198. The number of fused-ring (bicyclic) bond motifs is 3. The molecule has 554 valence electrons. The van der Waals surface area contributed by atoms with Gasteiger partial charge in [-0.2, -0.15) is 4.57 Å². The molecule has 0 aromatic heterocycles. The van der Waals surface area contributed by atoms with Crippen molar-refractivity contribution < 1.29 is 58.7 Å². The molecule has 3 saturated heterocycles. The molecule has 3 atom stereocenters. The highest BCUT2D eigenvalue weighted by molar-refractivity contribution is 8.00. The standard InChI is InChI=1S/C87H84F6N3O7PS3/c1-55-7-25-70(79(91)43-55)76-52-105-82-46-64(22-28-73(82)85(76)58-10-16-61(17-11-58)98-67-31-40-94(49-67)37-4-34-88)101-104(97,102-65-23-29-74-83(47-65)106-53-77(71-26-8-56(2)44-80(71)92)86(74)59-12-18-62(19-13-59)99-68-32-41-95(50-68)38-5-35-89)103-66-24-30-75-84(48-66)107-54-78(72-27-9-57(3)45-81(72)93)87(75)60-14-20-63(21-15-60)100-69-33-42-96(51-69)39-6-36-90/h7-30,43-48,67-69H,4-6,31-42,49-54H2,1-3H3/t67-,68-,69-/m0/s1. The number of alkyl halides is 3. The van der Waals surface area contributed by atoms with Crippen molar-refractivity contribution in [3.05, 3.63) is 266 Å². The second-order valence-corrected chi connectivity index (χ2v) is 32.8. The number of ether oxygens (including phenoxy) is 3. The summed E-state index contributed by atoms with van der Waals surface area (Å²) in [6.07, 6.45) is 3.86. The fourth-order valence-electron chi connectivity index (χ4n) is 15.3. The molecule has 0 N–H and O–H groups in total. The molecule has 0 amide bonds. The molecule has 3 fully saturated rings. The number of phosphoric acid groups is 1. The molecule has 0 aliphatic carbocycles. The lowest BCUT2D eigenvalue weighted by Gasteiger charge is -2.27. The first-order chi connectivity index (χ1) is 52.1. The van der Waals surface area contributed by atoms with E-state index in [0.717, 1.165) is 137 Å². The van der Waals surface area contributed by atoms with E-state index in [1.54, 1.807) is 36.4 Å². The zero-order chi connectivity index (χ0) is 73.7. The first kappa shape index (κ1) is 74.2. The van der Waals surface area contributed by atoms with Crippen molar-refractivity contribution >= 4 is 76.5 Å². The third-order valence-electron chi connectivity index (χ3n) is 20.5. The molecule has 6 aliphatic rings. The van der Waals surface area contributed by atoms with Gasteiger partial charge >= 0.3 is 7.82 Å². The maximum absolute atomic E-state index is 16.3. The predicted octanol–water partition coefficient (Wildman–Crippen LogP) is 21.3. The van der Waals surface area contributed by atoms with Gasteiger partial charge in [-0.15, -0.1) is 35.3 Å². The lowest BCUT2D eigenvalue weighted by atomic mass is 9.89. The Morgan fingerprint density at radius 3 is 0.907 bits per heavy atom. The monoisotopic (exact) mass is 1520 g/mol. The van der Waals surface area contributed by atoms with Gasteiger partial charge in [0.05, 0.1) is 20.0 Å². The van der Waals surface area contributed by atoms with Gasteiger partial charge in [0, 0.05) is 108 Å². The van der Waals surface area contributed by atoms with E-state index in [-0.39, 0.29) is 73.0 Å². The Balaban J connectivity index is 0.779. The highest BCUT2D eigenvalue weighted by Gasteiger charge is 2.37. The molecule has 6 aliphatic heterocycles. The smallest absolute Gasteiger partial charge is 0.489 e. The summed E-state index contributed by atoms with van der Waals surface area (Å²) in [5, 5.41) is 0. The molecule has 0 spiro atoms. The number of likely N-dealkylation sites (tertiary alicyclic amines) is 3. The second kappa shape index (κ2) is 33.3. The molecule has 6 heterocycles. The number of phosphoric ester groups is 1. The highest BCUT2D eigenvalue weighted by atomic mass is 32.2. The van der Waals surface area contributed by atoms with E-state index < -0.39 is 7.82 Å². The molecular weight excluding hydrogens is 1440 g/mol. The fourth-order valence-corrected chi connectivity index (χ4v) is 19.9. The van der Waals surface area contributed by atoms with Crippen LogP contribution >= 0.6 is 43.1 Å². The van der Waals surface area contributed by atoms with Crippen LogP contribution in [0, 0.1) is 38.2 Å². The van der Waals surface area contributed by atoms with E-state index in [1.165, 1.54) is 35.3 Å². The summed E-state index contributed by atoms with van der Waals surface area (Å²) in [6.45, 7) is 11.3. The van der Waals surface area contributed by atoms with Crippen LogP contribution in [0.4, 0.5) is 26.3 Å². The van der Waals surface area contributed by atoms with E-state index in [2.05, 4.69) is 14.7 Å². The van der Waals surface area contributed by atoms with E-state index in [0.29, 0.717) is 110 Å². The van der Waals surface area contributed by atoms with Crippen LogP contribution in [-0.2, 0) is 4.57 Å². The van der Waals surface area contributed by atoms with Crippen molar-refractivity contribution in [2.75, 3.05) is 96.2 Å². The van der Waals surface area contributed by atoms with Gasteiger partial charge in [-0.05, 0) is 252 Å². The summed E-state index contributed by atoms with van der Waals surface area (Å²) < 4.78 is 144. The van der Waals surface area contributed by atoms with Gasteiger partial charge in [0.25, 0.3) is 0 Å². The van der Waals surface area contributed by atoms with Crippen LogP contribution in [0.1, 0.15) is 105 Å². The molecule has 0 bridgehead atoms. The molecule has 15 rings (SSSR count). The highest BCUT2D eigenvalue weighted by Crippen LogP contribution is 2.56. The van der Waals surface area contributed by atoms with Crippen LogP contribution in [-0.4, -0.2) is 129 Å². The average Bonchev–Trinajstić information content (AvgIpc) is 1.23. The number of thioether (sulfide) groups is 3. The predicted molar refractivity (Wildman–Crippen MR) is 420 cm³/mol. The molecule has 0 radical (unpaired) electrons. The van der Waals surface area contributed by atoms with E-state index in [1.807, 2.05) is 166 Å². The van der Waals surface area contributed by atoms with E-state index in [4.69, 9.17) is 27.8 Å². The minimum absolute atomic E-state index is 0.0365. The average molecular weight is 1520 g/mol. The summed E-state index contributed by atoms with van der Waals surface area (Å²) in [4.78, 5) is 9.01. The Morgan fingerprint density at radius 2 is 0.636 bits per heavy atom. The van der Waals surface area contributed by atoms with E-state index >= 15 is 17.7 Å². The van der Waals surface area contributed by atoms with Gasteiger partial charge in [0.1, 0.15) is 70.3 Å². The first-order valence-electron chi connectivity index (χ1n) is 36.8. The largest absolute Gasteiger partial charge is 0.647 e. The normalized spacial score (nSPS) is 18.4. The molecule has 107 heavy (non-hydrogen) atoms. The summed E-state index contributed by atoms with van der Waals surface area (Å²) in [5.74, 6) is 2.77. The van der Waals surface area contributed by atoms with Gasteiger partial charge in [-0.25, -0.2) is 13.2 Å². The number of benzene rings is 9. The molecule has 9 aromatic carbocycles. The second-order valence-electron chi connectivity index (χ2n) is 28.3. The molecule has 10 nitrogen and oxygen atoms in total. The minimum atomic E-state index is -4.82. The third kappa shape index (κ3) is 17.1. The first-order valence-corrected chi connectivity index (χ1v) is 41.2. The van der Waals surface area contributed by atoms with Crippen LogP contribution < -0.4 is 27.8 Å². The quantitative estimate of drug-likeness (QED) is 0.0362. The topological polar surface area (TPSA) is 82.2 Å². The van der Waals surface area contributed by atoms with Gasteiger partial charge in [-0.3, -0.25) is 27.9 Å². The number of hydrogen-bond acceptors (Lipinski definition) is 13. The van der Waals surface area contributed by atoms with Crippen molar-refractivity contribution in [3.63, 3.8) is 0 Å². The van der Waals surface area contributed by atoms with Crippen LogP contribution in [0.15, 0.2) is 197 Å². The van der Waals surface area contributed by atoms with E-state index in [9.17, 15) is 13.2 Å². The Kier molecular flexibility index (Phi) is 23.1. The molecular formula is C87H84F6N3O7PS3. The number of aryl methyl sites for hydroxylation is 3. The van der Waals surface area contributed by atoms with Gasteiger partial charge in [0.2, 0.25) is 0 Å². The third-order valence-corrected chi connectivity index (χ3v) is 25.1. The number of halogens is 6. The van der Waals surface area contributed by atoms with Gasteiger partial charge in [-0.1, -0.05) is 72.8 Å². The van der Waals surface area contributed by atoms with Crippen molar-refractivity contribution in [1.29, 1.82) is 0 Å². The Bertz CT molecular complexity index is 4430. The molecule has 0 saturated carbocycles. The molecule has 0 unspecified atom stereocenters. The summed E-state index contributed by atoms with van der Waals surface area (Å²) in [7, 11) is -4.82. The Morgan fingerprint density at radius 1 is 0.364 bits per heavy atom. The molecule has 9 aromatic rings. The number of nitrogens with zero attached hydrogens (tertiary/aromatic N) is 3. The summed E-state index contributed by atoms with van der Waals surface area (Å²) in [6, 6.07) is 55.7. The minimum Gasteiger partial charge on any atom is -0.489 e. The zero-order valence-corrected chi connectivity index (χ0v) is 63.4. The number of hydrogen-bond donors (Lipinski definition) is 0. The summed E-state index contributed by atoms with van der Waals surface area (Å²) in [5.41, 5.74) is 13.6. The zero-order valence-electron chi connectivity index (χ0n) is 60.0. The SMILES string of the molecule is Cc1ccc(C2=C(c3ccc(O[C@H]4CCN(CCCF)C4)cc3)c3ccc(OP(=O)(Oc4ccc5c(c4)SCC(c4ccc(C)cc4F)=C5c4ccc(O[C@H]5CCN(CCCF)C5)cc4)Oc4ccc5c(c4)SCC(c4ccc(C)cc4F)=C5c4ccc(O[C@H]5CCN(CCCF)C5)cc4)cc3SC2)c(F)c1. The van der Waals surface area contributed by atoms with Crippen molar-refractivity contribution in [1.82, 2.24) is 14.7 Å². The van der Waals surface area contributed by atoms with Crippen LogP contribution in [0.25, 0.3) is 33.4 Å². The van der Waals surface area contributed by atoms with Crippen molar-refractivity contribution in [2.24, 2.45) is 0 Å². The molecule has 20 heteroatoms. The van der Waals surface area contributed by atoms with Gasteiger partial charge < -0.3 is 27.8 Å². The van der Waals surface area contributed by atoms with Crippen molar-refractivity contribution in [2.45, 2.75) is 92.3 Å². The van der Waals surface area contributed by atoms with Gasteiger partial charge in [0.15, 0.2) is 0 Å². The van der Waals surface area contributed by atoms with Crippen LogP contribution in [0.2, 0.25) is 0 Å². The van der Waals surface area contributed by atoms with Crippen LogP contribution in [0.3, 0.4) is 0 Å². The Labute approximate surface area is 635 Å². The van der Waals surface area contributed by atoms with Crippen LogP contribution in [0.5, 0.6) is 34.5 Å². The lowest BCUT2D eigenvalue weighted by Crippen LogP contribution is -2.26. The summed E-state index contributed by atoms with van der Waals surface area (Å²) >= 11 is 4.50. The maximum atomic E-state index is 16.3. The fraction of sp³-hybridized carbons (Fsp3) is 0.310. The van der Waals surface area contributed by atoms with Crippen molar-refractivity contribution in [3.8, 4) is 34.5 Å².